The number of carbonyl (C=O) groups excluding carboxylic acids is 4. The molecule has 0 bridgehead atoms. The summed E-state index contributed by atoms with van der Waals surface area (Å²) in [5, 5.41) is 13.1. The number of piperazine rings is 1. The first-order valence-corrected chi connectivity index (χ1v) is 19.0. The summed E-state index contributed by atoms with van der Waals surface area (Å²) in [6.45, 7) is 8.15. The zero-order chi connectivity index (χ0) is 35.9. The highest BCUT2D eigenvalue weighted by molar-refractivity contribution is 9.10. The Hall–Kier alpha value is -3.88. The van der Waals surface area contributed by atoms with E-state index in [4.69, 9.17) is 9.47 Å². The zero-order valence-corrected chi connectivity index (χ0v) is 30.9. The van der Waals surface area contributed by atoms with Crippen LogP contribution < -0.4 is 5.32 Å². The summed E-state index contributed by atoms with van der Waals surface area (Å²) < 4.78 is 11.6. The van der Waals surface area contributed by atoms with Crippen molar-refractivity contribution >= 4 is 45.6 Å². The molecule has 13 nitrogen and oxygen atoms in total. The first-order valence-electron chi connectivity index (χ1n) is 18.2. The van der Waals surface area contributed by atoms with E-state index in [1.807, 2.05) is 36.1 Å². The van der Waals surface area contributed by atoms with Gasteiger partial charge < -0.3 is 34.6 Å². The number of hydrogen-bond donors (Lipinski definition) is 2. The topological polar surface area (TPSA) is 135 Å². The largest absolute Gasteiger partial charge is 0.507 e. The van der Waals surface area contributed by atoms with Crippen molar-refractivity contribution in [1.82, 2.24) is 24.5 Å². The zero-order valence-electron chi connectivity index (χ0n) is 29.3. The SMILES string of the molecule is CCOC(=O)CN1CCC(N2CCN(C(=O)C(Cc3ccc(O)c(Br)c3)OC(=O)N3CCC(N4CCc5ccccc5NC4=O)CC3)CC2)CC1. The first-order chi connectivity index (χ1) is 24.7. The minimum Gasteiger partial charge on any atom is -0.507 e. The number of aromatic hydroxyl groups is 1. The highest BCUT2D eigenvalue weighted by atomic mass is 79.9. The number of rotatable bonds is 9. The van der Waals surface area contributed by atoms with E-state index in [0.717, 1.165) is 62.3 Å². The fourth-order valence-electron chi connectivity index (χ4n) is 7.71. The van der Waals surface area contributed by atoms with Gasteiger partial charge in [-0.1, -0.05) is 24.3 Å². The lowest BCUT2D eigenvalue weighted by atomic mass is 10.0. The third-order valence-corrected chi connectivity index (χ3v) is 11.2. The van der Waals surface area contributed by atoms with Crippen LogP contribution in [0.5, 0.6) is 5.75 Å². The molecule has 1 atom stereocenters. The van der Waals surface area contributed by atoms with Gasteiger partial charge in [0.1, 0.15) is 5.75 Å². The highest BCUT2D eigenvalue weighted by Crippen LogP contribution is 2.28. The normalized spacial score (nSPS) is 20.3. The molecule has 4 aliphatic heterocycles. The van der Waals surface area contributed by atoms with Gasteiger partial charge in [-0.05, 0) is 84.3 Å². The van der Waals surface area contributed by atoms with Crippen LogP contribution >= 0.6 is 15.9 Å². The summed E-state index contributed by atoms with van der Waals surface area (Å²) >= 11 is 3.36. The lowest BCUT2D eigenvalue weighted by Gasteiger charge is -2.43. The third kappa shape index (κ3) is 9.32. The van der Waals surface area contributed by atoms with Crippen molar-refractivity contribution in [2.75, 3.05) is 77.4 Å². The van der Waals surface area contributed by atoms with Crippen LogP contribution in [-0.4, -0.2) is 144 Å². The van der Waals surface area contributed by atoms with Crippen LogP contribution in [0.3, 0.4) is 0 Å². The molecule has 4 aliphatic rings. The highest BCUT2D eigenvalue weighted by Gasteiger charge is 2.36. The summed E-state index contributed by atoms with van der Waals surface area (Å²) in [7, 11) is 0. The van der Waals surface area contributed by atoms with Crippen molar-refractivity contribution in [3.8, 4) is 5.75 Å². The predicted molar refractivity (Wildman–Crippen MR) is 194 cm³/mol. The van der Waals surface area contributed by atoms with Crippen molar-refractivity contribution in [2.45, 2.75) is 63.6 Å². The Morgan fingerprint density at radius 3 is 2.31 bits per heavy atom. The lowest BCUT2D eigenvalue weighted by molar-refractivity contribution is -0.144. The number of halogens is 1. The van der Waals surface area contributed by atoms with Crippen molar-refractivity contribution in [3.63, 3.8) is 0 Å². The summed E-state index contributed by atoms with van der Waals surface area (Å²) in [5.74, 6) is -0.325. The fraction of sp³-hybridized carbons (Fsp3) is 0.568. The number of ether oxygens (including phenoxy) is 2. The van der Waals surface area contributed by atoms with Crippen LogP contribution in [0.4, 0.5) is 15.3 Å². The average Bonchev–Trinajstić information content (AvgIpc) is 3.31. The predicted octanol–water partition coefficient (Wildman–Crippen LogP) is 3.93. The van der Waals surface area contributed by atoms with Crippen LogP contribution in [0.1, 0.15) is 43.7 Å². The number of urea groups is 1. The average molecular weight is 770 g/mol. The molecule has 0 radical (unpaired) electrons. The Kier molecular flexibility index (Phi) is 12.4. The smallest absolute Gasteiger partial charge is 0.410 e. The second-order valence-electron chi connectivity index (χ2n) is 13.8. The Balaban J connectivity index is 1.03. The standard InChI is InChI=1S/C37H49BrN6O7/c1-2-50-34(46)25-40-14-10-28(11-15-40)41-19-21-42(22-20-41)35(47)33(24-26-7-8-32(45)30(38)23-26)51-37(49)43-16-12-29(13-17-43)44-18-9-27-5-3-4-6-31(27)39-36(44)48/h3-8,23,28-29,33,45H,2,9-22,24-25H2,1H3,(H,39,48). The summed E-state index contributed by atoms with van der Waals surface area (Å²) in [5.41, 5.74) is 2.71. The third-order valence-electron chi connectivity index (χ3n) is 10.6. The second kappa shape index (κ2) is 17.1. The van der Waals surface area contributed by atoms with Gasteiger partial charge in [0.05, 0.1) is 17.6 Å². The monoisotopic (exact) mass is 768 g/mol. The number of nitrogens with one attached hydrogen (secondary N) is 1. The molecule has 1 unspecified atom stereocenters. The van der Waals surface area contributed by atoms with Gasteiger partial charge in [-0.2, -0.15) is 0 Å². The minimum absolute atomic E-state index is 0.00348. The van der Waals surface area contributed by atoms with Gasteiger partial charge in [0.25, 0.3) is 5.91 Å². The molecule has 2 N–H and O–H groups in total. The fourth-order valence-corrected chi connectivity index (χ4v) is 8.13. The molecule has 4 amide bonds. The van der Waals surface area contributed by atoms with Crippen LogP contribution in [0.25, 0.3) is 0 Å². The number of phenolic OH excluding ortho intramolecular Hbond substituents is 1. The van der Waals surface area contributed by atoms with E-state index < -0.39 is 12.2 Å². The molecule has 3 saturated heterocycles. The molecule has 276 valence electrons. The Labute approximate surface area is 307 Å². The van der Waals surface area contributed by atoms with Gasteiger partial charge in [0.15, 0.2) is 6.10 Å². The van der Waals surface area contributed by atoms with Gasteiger partial charge >= 0.3 is 18.1 Å². The van der Waals surface area contributed by atoms with Gasteiger partial charge in [0, 0.05) is 83.1 Å². The van der Waals surface area contributed by atoms with Crippen LogP contribution in [0, 0.1) is 0 Å². The number of fused-ring (bicyclic) bond motifs is 1. The van der Waals surface area contributed by atoms with E-state index in [9.17, 15) is 24.3 Å². The van der Waals surface area contributed by atoms with Crippen LogP contribution in [-0.2, 0) is 31.9 Å². The van der Waals surface area contributed by atoms with Gasteiger partial charge in [0.2, 0.25) is 0 Å². The molecule has 6 rings (SSSR count). The lowest BCUT2D eigenvalue weighted by Crippen LogP contribution is -2.57. The number of amides is 4. The molecule has 0 aromatic heterocycles. The summed E-state index contributed by atoms with van der Waals surface area (Å²) in [4.78, 5) is 62.5. The van der Waals surface area contributed by atoms with Crippen molar-refractivity contribution in [2.24, 2.45) is 0 Å². The molecule has 51 heavy (non-hydrogen) atoms. The summed E-state index contributed by atoms with van der Waals surface area (Å²) in [6.07, 6.45) is 2.52. The number of piperidine rings is 2. The molecule has 3 fully saturated rings. The Morgan fingerprint density at radius 2 is 1.61 bits per heavy atom. The van der Waals surface area contributed by atoms with E-state index in [1.54, 1.807) is 28.0 Å². The summed E-state index contributed by atoms with van der Waals surface area (Å²) in [6, 6.07) is 13.1. The maximum absolute atomic E-state index is 14.0. The molecule has 0 saturated carbocycles. The number of carbonyl (C=O) groups is 4. The minimum atomic E-state index is -1.03. The van der Waals surface area contributed by atoms with Gasteiger partial charge in [-0.3, -0.25) is 19.4 Å². The van der Waals surface area contributed by atoms with Crippen molar-refractivity contribution in [1.29, 1.82) is 0 Å². The molecule has 0 spiro atoms. The van der Waals surface area contributed by atoms with E-state index >= 15 is 0 Å². The van der Waals surface area contributed by atoms with E-state index in [1.165, 1.54) is 0 Å². The van der Waals surface area contributed by atoms with Gasteiger partial charge in [-0.25, -0.2) is 9.59 Å². The molecule has 14 heteroatoms. The number of likely N-dealkylation sites (tertiary alicyclic amines) is 2. The number of nitrogens with zero attached hydrogens (tertiary/aromatic N) is 5. The molecular weight excluding hydrogens is 720 g/mol. The Morgan fingerprint density at radius 1 is 0.902 bits per heavy atom. The second-order valence-corrected chi connectivity index (χ2v) is 14.6. The molecule has 2 aromatic carbocycles. The maximum atomic E-state index is 14.0. The molecular formula is C37H49BrN6O7. The van der Waals surface area contributed by atoms with Gasteiger partial charge in [-0.15, -0.1) is 0 Å². The molecule has 2 aromatic rings. The van der Waals surface area contributed by atoms with Crippen molar-refractivity contribution in [3.05, 3.63) is 58.1 Å². The van der Waals surface area contributed by atoms with Crippen LogP contribution in [0.15, 0.2) is 46.9 Å². The number of hydrogen-bond acceptors (Lipinski definition) is 9. The number of esters is 1. The van der Waals surface area contributed by atoms with Crippen LogP contribution in [0.2, 0.25) is 0 Å². The molecule has 0 aliphatic carbocycles. The van der Waals surface area contributed by atoms with E-state index in [2.05, 4.69) is 31.0 Å². The molecule has 4 heterocycles. The maximum Gasteiger partial charge on any atom is 0.410 e. The number of para-hydroxylation sites is 1. The quantitative estimate of drug-likeness (QED) is 0.364. The van der Waals surface area contributed by atoms with Crippen molar-refractivity contribution < 1.29 is 33.8 Å². The number of benzene rings is 2. The van der Waals surface area contributed by atoms with E-state index in [0.29, 0.717) is 69.2 Å². The number of anilines is 1. The first kappa shape index (κ1) is 36.9. The Bertz CT molecular complexity index is 1550. The number of phenols is 1. The van der Waals surface area contributed by atoms with E-state index in [-0.39, 0.29) is 36.1 Å².